The highest BCUT2D eigenvalue weighted by Gasteiger charge is 2.38. The number of benzene rings is 1. The van der Waals surface area contributed by atoms with Gasteiger partial charge in [-0.25, -0.2) is 9.78 Å². The van der Waals surface area contributed by atoms with Crippen LogP contribution in [0.3, 0.4) is 0 Å². The number of carboxylic acid groups (broad SMARTS) is 1. The Morgan fingerprint density at radius 2 is 1.83 bits per heavy atom. The number of carboxylic acids is 1. The van der Waals surface area contributed by atoms with Crippen molar-refractivity contribution in [2.75, 3.05) is 61.4 Å². The van der Waals surface area contributed by atoms with E-state index in [2.05, 4.69) is 33.6 Å². The predicted octanol–water partition coefficient (Wildman–Crippen LogP) is 1.68. The minimum Gasteiger partial charge on any atom is -0.475 e. The summed E-state index contributed by atoms with van der Waals surface area (Å²) >= 11 is 0. The molecule has 3 heterocycles. The van der Waals surface area contributed by atoms with Crippen molar-refractivity contribution in [2.24, 2.45) is 5.73 Å². The van der Waals surface area contributed by atoms with Crippen molar-refractivity contribution in [1.29, 1.82) is 0 Å². The molecule has 1 atom stereocenters. The van der Waals surface area contributed by atoms with E-state index in [-0.39, 0.29) is 11.9 Å². The number of nitrogens with two attached hydrogens (primary N) is 1. The summed E-state index contributed by atoms with van der Waals surface area (Å²) in [7, 11) is 2.13. The van der Waals surface area contributed by atoms with Gasteiger partial charge in [-0.05, 0) is 37.7 Å². The summed E-state index contributed by atoms with van der Waals surface area (Å²) in [6.07, 6.45) is -2.86. The maximum atomic E-state index is 11.7. The lowest BCUT2D eigenvalue weighted by Gasteiger charge is -2.33. The molecule has 0 spiro atoms. The largest absolute Gasteiger partial charge is 0.490 e. The SMILES string of the molecule is C=CC(=O)Nc1ccc2c(N3CC[C@@H](N)C3)nc(N3CCN(C)CC3)nc2c1.O=C(O)C(F)(F)F. The Labute approximate surface area is 200 Å². The third-order valence-electron chi connectivity index (χ3n) is 5.67. The van der Waals surface area contributed by atoms with Crippen LogP contribution in [0.25, 0.3) is 10.9 Å². The van der Waals surface area contributed by atoms with Crippen LogP contribution in [0.1, 0.15) is 6.42 Å². The lowest BCUT2D eigenvalue weighted by molar-refractivity contribution is -0.192. The molecule has 0 unspecified atom stereocenters. The number of fused-ring (bicyclic) bond motifs is 1. The van der Waals surface area contributed by atoms with Gasteiger partial charge in [0.1, 0.15) is 5.82 Å². The van der Waals surface area contributed by atoms with Gasteiger partial charge in [-0.3, -0.25) is 4.79 Å². The Hall–Kier alpha value is -3.45. The maximum Gasteiger partial charge on any atom is 0.490 e. The summed E-state index contributed by atoms with van der Waals surface area (Å²) in [5.74, 6) is -1.33. The lowest BCUT2D eigenvalue weighted by Crippen LogP contribution is -2.45. The number of halogens is 3. The number of hydrogen-bond acceptors (Lipinski definition) is 8. The topological polar surface area (TPSA) is 128 Å². The minimum absolute atomic E-state index is 0.170. The Morgan fingerprint density at radius 1 is 1.17 bits per heavy atom. The number of aliphatic carboxylic acids is 1. The third-order valence-corrected chi connectivity index (χ3v) is 5.67. The Balaban J connectivity index is 0.000000429. The standard InChI is InChI=1S/C20H27N7O.C2HF3O2/c1-3-18(28)22-15-4-5-16-17(12-15)23-20(26-10-8-25(2)9-11-26)24-19(16)27-7-6-14(21)13-27;3-2(4,5)1(6)7/h3-5,12,14H,1,6-11,13,21H2,2H3,(H,22,28);(H,6,7)/t14-;/m1./s1. The average molecular weight is 496 g/mol. The van der Waals surface area contributed by atoms with Gasteiger partial charge in [0, 0.05) is 56.4 Å². The predicted molar refractivity (Wildman–Crippen MR) is 127 cm³/mol. The summed E-state index contributed by atoms with van der Waals surface area (Å²) in [4.78, 5) is 37.1. The number of piperazine rings is 1. The van der Waals surface area contributed by atoms with Crippen LogP contribution in [0.2, 0.25) is 0 Å². The normalized spacial score (nSPS) is 18.7. The molecule has 1 aromatic carbocycles. The van der Waals surface area contributed by atoms with Crippen LogP contribution in [0.4, 0.5) is 30.6 Å². The first kappa shape index (κ1) is 26.2. The van der Waals surface area contributed by atoms with E-state index in [1.165, 1.54) is 6.08 Å². The molecule has 0 bridgehead atoms. The number of likely N-dealkylation sites (N-methyl/N-ethyl adjacent to an activating group) is 1. The molecule has 1 amide bonds. The molecule has 2 saturated heterocycles. The fourth-order valence-electron chi connectivity index (χ4n) is 3.74. The summed E-state index contributed by atoms with van der Waals surface area (Å²) < 4.78 is 31.7. The monoisotopic (exact) mass is 495 g/mol. The smallest absolute Gasteiger partial charge is 0.475 e. The van der Waals surface area contributed by atoms with Gasteiger partial charge >= 0.3 is 12.1 Å². The summed E-state index contributed by atoms with van der Waals surface area (Å²) in [6, 6.07) is 5.92. The molecule has 0 aliphatic carbocycles. The van der Waals surface area contributed by atoms with E-state index in [0.29, 0.717) is 5.69 Å². The van der Waals surface area contributed by atoms with Crippen molar-refractivity contribution in [3.63, 3.8) is 0 Å². The molecular weight excluding hydrogens is 467 g/mol. The quantitative estimate of drug-likeness (QED) is 0.543. The third kappa shape index (κ3) is 6.79. The zero-order valence-corrected chi connectivity index (χ0v) is 19.3. The Kier molecular flexibility index (Phi) is 8.12. The van der Waals surface area contributed by atoms with Gasteiger partial charge in [0.2, 0.25) is 11.9 Å². The highest BCUT2D eigenvalue weighted by atomic mass is 19.4. The van der Waals surface area contributed by atoms with Gasteiger partial charge in [-0.2, -0.15) is 18.2 Å². The molecule has 0 saturated carbocycles. The minimum atomic E-state index is -5.08. The number of amides is 1. The van der Waals surface area contributed by atoms with Crippen molar-refractivity contribution in [1.82, 2.24) is 14.9 Å². The number of nitrogens with one attached hydrogen (secondary N) is 1. The van der Waals surface area contributed by atoms with Crippen LogP contribution in [0.5, 0.6) is 0 Å². The van der Waals surface area contributed by atoms with Crippen LogP contribution in [-0.2, 0) is 9.59 Å². The number of aromatic nitrogens is 2. The highest BCUT2D eigenvalue weighted by Crippen LogP contribution is 2.31. The second kappa shape index (κ2) is 10.9. The second-order valence-corrected chi connectivity index (χ2v) is 8.36. The number of carbonyl (C=O) groups is 2. The Bertz CT molecular complexity index is 1090. The van der Waals surface area contributed by atoms with Gasteiger partial charge in [-0.15, -0.1) is 0 Å². The molecule has 13 heteroatoms. The van der Waals surface area contributed by atoms with E-state index in [1.54, 1.807) is 0 Å². The number of rotatable bonds is 4. The number of nitrogens with zero attached hydrogens (tertiary/aromatic N) is 5. The number of alkyl halides is 3. The average Bonchev–Trinajstić information content (AvgIpc) is 3.24. The van der Waals surface area contributed by atoms with E-state index in [1.807, 2.05) is 18.2 Å². The van der Waals surface area contributed by atoms with Crippen molar-refractivity contribution in [2.45, 2.75) is 18.6 Å². The van der Waals surface area contributed by atoms with Crippen molar-refractivity contribution < 1.29 is 27.9 Å². The number of hydrogen-bond donors (Lipinski definition) is 3. The summed E-state index contributed by atoms with van der Waals surface area (Å²) in [5, 5.41) is 10.9. The van der Waals surface area contributed by atoms with E-state index in [4.69, 9.17) is 25.6 Å². The van der Waals surface area contributed by atoms with Gasteiger partial charge in [0.15, 0.2) is 0 Å². The van der Waals surface area contributed by atoms with E-state index in [9.17, 15) is 18.0 Å². The Morgan fingerprint density at radius 3 is 2.37 bits per heavy atom. The molecule has 2 aliphatic heterocycles. The fourth-order valence-corrected chi connectivity index (χ4v) is 3.74. The number of carbonyl (C=O) groups excluding carboxylic acids is 1. The first-order chi connectivity index (χ1) is 16.5. The van der Waals surface area contributed by atoms with Crippen LogP contribution < -0.4 is 20.9 Å². The first-order valence-electron chi connectivity index (χ1n) is 11.0. The molecule has 0 radical (unpaired) electrons. The zero-order chi connectivity index (χ0) is 25.8. The van der Waals surface area contributed by atoms with Crippen LogP contribution in [0, 0.1) is 0 Å². The molecule has 1 aromatic heterocycles. The second-order valence-electron chi connectivity index (χ2n) is 8.36. The van der Waals surface area contributed by atoms with Crippen molar-refractivity contribution in [3.05, 3.63) is 30.9 Å². The summed E-state index contributed by atoms with van der Waals surface area (Å²) in [5.41, 5.74) is 7.66. The first-order valence-corrected chi connectivity index (χ1v) is 11.0. The van der Waals surface area contributed by atoms with Crippen molar-refractivity contribution >= 4 is 40.2 Å². The van der Waals surface area contributed by atoms with E-state index >= 15 is 0 Å². The number of anilines is 3. The van der Waals surface area contributed by atoms with E-state index < -0.39 is 12.1 Å². The molecular formula is C22H28F3N7O3. The van der Waals surface area contributed by atoms with Crippen LogP contribution >= 0.6 is 0 Å². The van der Waals surface area contributed by atoms with Crippen molar-refractivity contribution in [3.8, 4) is 0 Å². The van der Waals surface area contributed by atoms with Gasteiger partial charge in [0.25, 0.3) is 0 Å². The zero-order valence-electron chi connectivity index (χ0n) is 19.3. The van der Waals surface area contributed by atoms with Gasteiger partial charge in [-0.1, -0.05) is 6.58 Å². The van der Waals surface area contributed by atoms with Gasteiger partial charge < -0.3 is 30.9 Å². The molecule has 2 aromatic rings. The summed E-state index contributed by atoms with van der Waals surface area (Å²) in [6.45, 7) is 8.96. The highest BCUT2D eigenvalue weighted by molar-refractivity contribution is 6.01. The molecule has 4 rings (SSSR count). The molecule has 2 aliphatic rings. The molecule has 35 heavy (non-hydrogen) atoms. The molecule has 10 nitrogen and oxygen atoms in total. The lowest BCUT2D eigenvalue weighted by atomic mass is 10.2. The van der Waals surface area contributed by atoms with Crippen LogP contribution in [-0.4, -0.2) is 90.4 Å². The molecule has 2 fully saturated rings. The fraction of sp³-hybridized carbons (Fsp3) is 0.455. The maximum absolute atomic E-state index is 11.7. The van der Waals surface area contributed by atoms with Gasteiger partial charge in [0.05, 0.1) is 5.52 Å². The van der Waals surface area contributed by atoms with Crippen LogP contribution in [0.15, 0.2) is 30.9 Å². The van der Waals surface area contributed by atoms with E-state index in [0.717, 1.165) is 68.4 Å². The molecule has 190 valence electrons. The molecule has 4 N–H and O–H groups in total.